The van der Waals surface area contributed by atoms with E-state index in [-0.39, 0.29) is 17.9 Å². The van der Waals surface area contributed by atoms with Gasteiger partial charge in [0, 0.05) is 6.42 Å². The van der Waals surface area contributed by atoms with Crippen molar-refractivity contribution in [2.45, 2.75) is 156 Å². The molecule has 0 aromatic rings. The largest absolute Gasteiger partial charge is 0.466 e. The van der Waals surface area contributed by atoms with Crippen molar-refractivity contribution in [3.05, 3.63) is 0 Å². The number of carbonyl (C=O) groups is 2. The lowest BCUT2D eigenvalue weighted by Crippen LogP contribution is -2.15. The zero-order valence-corrected chi connectivity index (χ0v) is 22.5. The van der Waals surface area contributed by atoms with E-state index in [0.29, 0.717) is 19.6 Å². The molecule has 0 saturated carbocycles. The van der Waals surface area contributed by atoms with E-state index in [0.717, 1.165) is 64.2 Å². The molecular weight excluding hydrogens is 412 g/mol. The van der Waals surface area contributed by atoms with Crippen LogP contribution in [-0.4, -0.2) is 25.2 Å². The van der Waals surface area contributed by atoms with Crippen LogP contribution in [0.25, 0.3) is 0 Å². The van der Waals surface area contributed by atoms with Crippen LogP contribution in [0.15, 0.2) is 0 Å². The van der Waals surface area contributed by atoms with Crippen LogP contribution >= 0.6 is 0 Å². The van der Waals surface area contributed by atoms with Crippen molar-refractivity contribution in [2.75, 3.05) is 13.2 Å². The summed E-state index contributed by atoms with van der Waals surface area (Å²) in [6.45, 7) is 7.51. The average Bonchev–Trinajstić information content (AvgIpc) is 2.81. The Bertz CT molecular complexity index is 435. The summed E-state index contributed by atoms with van der Waals surface area (Å²) < 4.78 is 10.6. The van der Waals surface area contributed by atoms with Crippen molar-refractivity contribution in [1.82, 2.24) is 0 Å². The van der Waals surface area contributed by atoms with E-state index in [9.17, 15) is 9.59 Å². The van der Waals surface area contributed by atoms with Crippen molar-refractivity contribution < 1.29 is 19.1 Å². The standard InChI is InChI=1S/C29H56O4/c1-4-6-21-25-32-28(30)24-20-18-16-14-12-10-8-9-11-13-15-17-19-23-27(3)29(31)33-26-22-7-5-2/h27H,4-26H2,1-3H3. The third kappa shape index (κ3) is 23.9. The highest BCUT2D eigenvalue weighted by Crippen LogP contribution is 2.16. The maximum absolute atomic E-state index is 11.9. The predicted molar refractivity (Wildman–Crippen MR) is 139 cm³/mol. The summed E-state index contributed by atoms with van der Waals surface area (Å²) in [5.41, 5.74) is 0. The van der Waals surface area contributed by atoms with Gasteiger partial charge in [-0.1, -0.05) is 124 Å². The van der Waals surface area contributed by atoms with Gasteiger partial charge in [0.1, 0.15) is 0 Å². The maximum atomic E-state index is 11.9. The van der Waals surface area contributed by atoms with E-state index in [4.69, 9.17) is 9.47 Å². The number of hydrogen-bond donors (Lipinski definition) is 0. The Morgan fingerprint density at radius 1 is 0.545 bits per heavy atom. The molecule has 0 rings (SSSR count). The molecule has 4 heteroatoms. The Labute approximate surface area is 206 Å². The van der Waals surface area contributed by atoms with Gasteiger partial charge in [-0.25, -0.2) is 0 Å². The molecule has 4 nitrogen and oxygen atoms in total. The van der Waals surface area contributed by atoms with Crippen LogP contribution in [0.5, 0.6) is 0 Å². The average molecular weight is 469 g/mol. The van der Waals surface area contributed by atoms with Gasteiger partial charge < -0.3 is 9.47 Å². The maximum Gasteiger partial charge on any atom is 0.308 e. The van der Waals surface area contributed by atoms with E-state index in [1.54, 1.807) is 0 Å². The summed E-state index contributed by atoms with van der Waals surface area (Å²) in [5, 5.41) is 0. The predicted octanol–water partition coefficient (Wildman–Crippen LogP) is 8.94. The molecule has 0 amide bonds. The van der Waals surface area contributed by atoms with Gasteiger partial charge in [0.25, 0.3) is 0 Å². The first-order chi connectivity index (χ1) is 16.1. The molecule has 0 aromatic heterocycles. The first-order valence-corrected chi connectivity index (χ1v) is 14.4. The first kappa shape index (κ1) is 31.9. The lowest BCUT2D eigenvalue weighted by atomic mass is 10.0. The Morgan fingerprint density at radius 2 is 0.970 bits per heavy atom. The Hall–Kier alpha value is -1.06. The summed E-state index contributed by atoms with van der Waals surface area (Å²) in [6.07, 6.45) is 24.5. The van der Waals surface area contributed by atoms with Crippen LogP contribution in [0.4, 0.5) is 0 Å². The molecule has 0 bridgehead atoms. The van der Waals surface area contributed by atoms with Crippen LogP contribution in [0.1, 0.15) is 156 Å². The number of ether oxygens (including phenoxy) is 2. The summed E-state index contributed by atoms with van der Waals surface area (Å²) in [6, 6.07) is 0. The summed E-state index contributed by atoms with van der Waals surface area (Å²) in [5.74, 6) is 0.0309. The van der Waals surface area contributed by atoms with Crippen LogP contribution in [0, 0.1) is 5.92 Å². The number of rotatable bonds is 25. The smallest absolute Gasteiger partial charge is 0.308 e. The molecule has 0 fully saturated rings. The zero-order valence-electron chi connectivity index (χ0n) is 22.5. The molecule has 0 spiro atoms. The van der Waals surface area contributed by atoms with Crippen molar-refractivity contribution in [1.29, 1.82) is 0 Å². The fourth-order valence-electron chi connectivity index (χ4n) is 4.06. The van der Waals surface area contributed by atoms with Gasteiger partial charge in [0.2, 0.25) is 0 Å². The molecule has 1 unspecified atom stereocenters. The van der Waals surface area contributed by atoms with E-state index in [1.807, 2.05) is 6.92 Å². The molecule has 0 aromatic carbocycles. The third-order valence-corrected chi connectivity index (χ3v) is 6.42. The molecule has 196 valence electrons. The Balaban J connectivity index is 3.26. The van der Waals surface area contributed by atoms with E-state index in [1.165, 1.54) is 64.2 Å². The van der Waals surface area contributed by atoms with Crippen molar-refractivity contribution >= 4 is 11.9 Å². The van der Waals surface area contributed by atoms with Crippen molar-refractivity contribution in [2.24, 2.45) is 5.92 Å². The van der Waals surface area contributed by atoms with Gasteiger partial charge in [-0.15, -0.1) is 0 Å². The fourth-order valence-corrected chi connectivity index (χ4v) is 4.06. The second kappa shape index (κ2) is 25.6. The lowest BCUT2D eigenvalue weighted by molar-refractivity contribution is -0.148. The molecule has 33 heavy (non-hydrogen) atoms. The van der Waals surface area contributed by atoms with E-state index < -0.39 is 0 Å². The molecule has 0 N–H and O–H groups in total. The Morgan fingerprint density at radius 3 is 1.45 bits per heavy atom. The number of hydrogen-bond acceptors (Lipinski definition) is 4. The minimum atomic E-state index is -0.0130. The summed E-state index contributed by atoms with van der Waals surface area (Å²) >= 11 is 0. The lowest BCUT2D eigenvalue weighted by Gasteiger charge is -2.11. The van der Waals surface area contributed by atoms with Gasteiger partial charge in [-0.05, 0) is 25.7 Å². The highest BCUT2D eigenvalue weighted by Gasteiger charge is 2.13. The quantitative estimate of drug-likeness (QED) is 0.0991. The molecule has 0 radical (unpaired) electrons. The summed E-state index contributed by atoms with van der Waals surface area (Å²) in [4.78, 5) is 23.5. The molecule has 1 atom stereocenters. The molecule has 0 aliphatic carbocycles. The normalized spacial score (nSPS) is 12.0. The van der Waals surface area contributed by atoms with Gasteiger partial charge in [-0.2, -0.15) is 0 Å². The highest BCUT2D eigenvalue weighted by molar-refractivity contribution is 5.71. The SMILES string of the molecule is CCCCCOC(=O)CCCCCCCCCCCCCCCC(C)C(=O)OCCCCC. The topological polar surface area (TPSA) is 52.6 Å². The molecule has 0 saturated heterocycles. The molecular formula is C29H56O4. The second-order valence-corrected chi connectivity index (χ2v) is 9.84. The highest BCUT2D eigenvalue weighted by atomic mass is 16.5. The van der Waals surface area contributed by atoms with Gasteiger partial charge in [0.05, 0.1) is 19.1 Å². The molecule has 0 aliphatic rings. The van der Waals surface area contributed by atoms with Crippen LogP contribution < -0.4 is 0 Å². The number of carbonyl (C=O) groups excluding carboxylic acids is 2. The van der Waals surface area contributed by atoms with Crippen molar-refractivity contribution in [3.8, 4) is 0 Å². The third-order valence-electron chi connectivity index (χ3n) is 6.42. The monoisotopic (exact) mass is 468 g/mol. The minimum absolute atomic E-state index is 0.00795. The Kier molecular flexibility index (Phi) is 24.7. The van der Waals surface area contributed by atoms with Crippen LogP contribution in [-0.2, 0) is 19.1 Å². The number of unbranched alkanes of at least 4 members (excludes halogenated alkanes) is 16. The second-order valence-electron chi connectivity index (χ2n) is 9.84. The van der Waals surface area contributed by atoms with Gasteiger partial charge in [-0.3, -0.25) is 9.59 Å². The molecule has 0 aliphatic heterocycles. The first-order valence-electron chi connectivity index (χ1n) is 14.4. The zero-order chi connectivity index (χ0) is 24.4. The van der Waals surface area contributed by atoms with Gasteiger partial charge >= 0.3 is 11.9 Å². The van der Waals surface area contributed by atoms with Crippen LogP contribution in [0.2, 0.25) is 0 Å². The molecule has 0 heterocycles. The van der Waals surface area contributed by atoms with Crippen LogP contribution in [0.3, 0.4) is 0 Å². The van der Waals surface area contributed by atoms with Crippen molar-refractivity contribution in [3.63, 3.8) is 0 Å². The minimum Gasteiger partial charge on any atom is -0.466 e. The number of esters is 2. The van der Waals surface area contributed by atoms with E-state index in [2.05, 4.69) is 13.8 Å². The summed E-state index contributed by atoms with van der Waals surface area (Å²) in [7, 11) is 0. The van der Waals surface area contributed by atoms with E-state index >= 15 is 0 Å². The van der Waals surface area contributed by atoms with Gasteiger partial charge in [0.15, 0.2) is 0 Å². The fraction of sp³-hybridized carbons (Fsp3) is 0.931.